The van der Waals surface area contributed by atoms with Gasteiger partial charge in [0.1, 0.15) is 10.8 Å². The van der Waals surface area contributed by atoms with Crippen molar-refractivity contribution in [2.45, 2.75) is 26.8 Å². The largest absolute Gasteiger partial charge is 0.469 e. The van der Waals surface area contributed by atoms with Crippen molar-refractivity contribution in [1.29, 1.82) is 0 Å². The van der Waals surface area contributed by atoms with E-state index in [0.717, 1.165) is 42.7 Å². The summed E-state index contributed by atoms with van der Waals surface area (Å²) < 4.78 is 5.38. The molecule has 0 amide bonds. The lowest BCUT2D eigenvalue weighted by atomic mass is 10.1. The van der Waals surface area contributed by atoms with Gasteiger partial charge in [-0.05, 0) is 44.9 Å². The average Bonchev–Trinajstić information content (AvgIpc) is 3.16. The highest BCUT2D eigenvalue weighted by molar-refractivity contribution is 7.13. The fraction of sp³-hybridized carbons (Fsp3) is 0.562. The normalized spacial score (nSPS) is 18.3. The molecule has 1 atom stereocenters. The van der Waals surface area contributed by atoms with Crippen LogP contribution in [0.25, 0.3) is 0 Å². The van der Waals surface area contributed by atoms with E-state index in [1.54, 1.807) is 11.3 Å². The summed E-state index contributed by atoms with van der Waals surface area (Å²) in [5.74, 6) is 1.62. The first-order chi connectivity index (χ1) is 11.2. The van der Waals surface area contributed by atoms with Crippen LogP contribution < -0.4 is 10.1 Å². The van der Waals surface area contributed by atoms with Crippen LogP contribution in [0.15, 0.2) is 18.2 Å². The predicted octanol–water partition coefficient (Wildman–Crippen LogP) is 2.57. The van der Waals surface area contributed by atoms with Crippen molar-refractivity contribution in [2.75, 3.05) is 31.6 Å². The number of anilines is 1. The molecule has 1 fully saturated rings. The van der Waals surface area contributed by atoms with E-state index in [4.69, 9.17) is 4.74 Å². The number of aryl methyl sites for hydroxylation is 1. The number of nitrogens with zero attached hydrogens (tertiary/aromatic N) is 4. The second-order valence-electron chi connectivity index (χ2n) is 5.83. The van der Waals surface area contributed by atoms with Gasteiger partial charge in [0.2, 0.25) is 0 Å². The van der Waals surface area contributed by atoms with Gasteiger partial charge in [0.15, 0.2) is 0 Å². The molecular formula is C16H23N5OS. The number of rotatable bonds is 7. The number of aromatic nitrogens is 3. The van der Waals surface area contributed by atoms with Gasteiger partial charge in [-0.25, -0.2) is 4.98 Å². The zero-order valence-corrected chi connectivity index (χ0v) is 14.5. The van der Waals surface area contributed by atoms with Crippen molar-refractivity contribution >= 4 is 17.2 Å². The molecule has 0 saturated carbocycles. The smallest absolute Gasteiger partial charge is 0.294 e. The number of hydrogen-bond donors (Lipinski definition) is 1. The molecule has 0 aliphatic carbocycles. The van der Waals surface area contributed by atoms with Gasteiger partial charge < -0.3 is 10.1 Å². The Morgan fingerprint density at radius 1 is 1.39 bits per heavy atom. The van der Waals surface area contributed by atoms with Crippen LogP contribution in [0, 0.1) is 12.8 Å². The third kappa shape index (κ3) is 4.62. The highest BCUT2D eigenvalue weighted by Gasteiger charge is 2.23. The first kappa shape index (κ1) is 16.1. The van der Waals surface area contributed by atoms with Gasteiger partial charge in [0.25, 0.3) is 5.19 Å². The molecular weight excluding hydrogens is 310 g/mol. The number of likely N-dealkylation sites (tertiary alicyclic amines) is 1. The number of hydrogen-bond acceptors (Lipinski definition) is 7. The fourth-order valence-electron chi connectivity index (χ4n) is 2.79. The molecule has 0 aromatic carbocycles. The average molecular weight is 333 g/mol. The van der Waals surface area contributed by atoms with Crippen molar-refractivity contribution < 1.29 is 4.74 Å². The first-order valence-electron chi connectivity index (χ1n) is 8.08. The lowest BCUT2D eigenvalue weighted by Gasteiger charge is -2.15. The van der Waals surface area contributed by atoms with E-state index in [2.05, 4.69) is 25.4 Å². The maximum Gasteiger partial charge on any atom is 0.294 e. The van der Waals surface area contributed by atoms with Crippen LogP contribution in [0.5, 0.6) is 5.19 Å². The maximum absolute atomic E-state index is 5.38. The molecule has 7 heteroatoms. The molecule has 1 aliphatic heterocycles. The topological polar surface area (TPSA) is 63.2 Å². The van der Waals surface area contributed by atoms with Gasteiger partial charge in [-0.15, -0.1) is 10.2 Å². The van der Waals surface area contributed by atoms with E-state index in [0.29, 0.717) is 17.7 Å². The van der Waals surface area contributed by atoms with E-state index in [1.165, 1.54) is 6.42 Å². The molecule has 1 N–H and O–H groups in total. The van der Waals surface area contributed by atoms with Gasteiger partial charge in [-0.3, -0.25) is 4.90 Å². The van der Waals surface area contributed by atoms with Crippen molar-refractivity contribution in [3.63, 3.8) is 0 Å². The SMILES string of the molecule is CCOc1nnc(CN2CC[C@@H](CNc3cccc(C)n3)C2)s1. The molecule has 0 radical (unpaired) electrons. The Morgan fingerprint density at radius 3 is 3.13 bits per heavy atom. The molecule has 3 rings (SSSR count). The predicted molar refractivity (Wildman–Crippen MR) is 91.9 cm³/mol. The molecule has 3 heterocycles. The summed E-state index contributed by atoms with van der Waals surface area (Å²) >= 11 is 1.55. The molecule has 23 heavy (non-hydrogen) atoms. The Bertz CT molecular complexity index is 632. The summed E-state index contributed by atoms with van der Waals surface area (Å²) in [6.07, 6.45) is 1.20. The van der Waals surface area contributed by atoms with Crippen molar-refractivity contribution in [2.24, 2.45) is 5.92 Å². The second-order valence-corrected chi connectivity index (χ2v) is 6.85. The van der Waals surface area contributed by atoms with Crippen LogP contribution in [0.4, 0.5) is 5.82 Å². The summed E-state index contributed by atoms with van der Waals surface area (Å²) in [5.41, 5.74) is 1.05. The molecule has 124 valence electrons. The monoisotopic (exact) mass is 333 g/mol. The van der Waals surface area contributed by atoms with Crippen LogP contribution >= 0.6 is 11.3 Å². The van der Waals surface area contributed by atoms with Crippen LogP contribution in [-0.4, -0.2) is 46.3 Å². The lowest BCUT2D eigenvalue weighted by molar-refractivity contribution is 0.317. The van der Waals surface area contributed by atoms with Crippen LogP contribution in [0.3, 0.4) is 0 Å². The van der Waals surface area contributed by atoms with Crippen molar-refractivity contribution in [3.05, 3.63) is 28.9 Å². The molecule has 2 aromatic heterocycles. The maximum atomic E-state index is 5.38. The van der Waals surface area contributed by atoms with Gasteiger partial charge in [-0.1, -0.05) is 17.4 Å². The summed E-state index contributed by atoms with van der Waals surface area (Å²) in [5, 5.41) is 13.4. The molecule has 0 spiro atoms. The molecule has 0 bridgehead atoms. The van der Waals surface area contributed by atoms with Gasteiger partial charge in [-0.2, -0.15) is 0 Å². The van der Waals surface area contributed by atoms with Gasteiger partial charge >= 0.3 is 0 Å². The van der Waals surface area contributed by atoms with Crippen molar-refractivity contribution in [3.8, 4) is 5.19 Å². The minimum Gasteiger partial charge on any atom is -0.469 e. The summed E-state index contributed by atoms with van der Waals surface area (Å²) in [4.78, 5) is 6.92. The molecule has 2 aromatic rings. The minimum atomic E-state index is 0.638. The fourth-order valence-corrected chi connectivity index (χ4v) is 3.58. The molecule has 1 saturated heterocycles. The Hall–Kier alpha value is -1.73. The standard InChI is InChI=1S/C16H23N5OS/c1-3-22-16-20-19-15(23-16)11-21-8-7-13(10-21)9-17-14-6-4-5-12(2)18-14/h4-6,13H,3,7-11H2,1-2H3,(H,17,18)/t13-/m0/s1. The third-order valence-electron chi connectivity index (χ3n) is 3.91. The van der Waals surface area contributed by atoms with Crippen LogP contribution in [0.1, 0.15) is 24.0 Å². The molecule has 6 nitrogen and oxygen atoms in total. The zero-order valence-electron chi connectivity index (χ0n) is 13.7. The quantitative estimate of drug-likeness (QED) is 0.840. The van der Waals surface area contributed by atoms with E-state index in [-0.39, 0.29) is 0 Å². The van der Waals surface area contributed by atoms with Crippen LogP contribution in [-0.2, 0) is 6.54 Å². The Labute approximate surface area is 140 Å². The van der Waals surface area contributed by atoms with Crippen molar-refractivity contribution in [1.82, 2.24) is 20.1 Å². The van der Waals surface area contributed by atoms with Gasteiger partial charge in [0.05, 0.1) is 13.2 Å². The summed E-state index contributed by atoms with van der Waals surface area (Å²) in [6, 6.07) is 6.08. The summed E-state index contributed by atoms with van der Waals surface area (Å²) in [6.45, 7) is 8.64. The number of ether oxygens (including phenoxy) is 1. The highest BCUT2D eigenvalue weighted by Crippen LogP contribution is 2.23. The molecule has 0 unspecified atom stereocenters. The highest BCUT2D eigenvalue weighted by atomic mass is 32.1. The van der Waals surface area contributed by atoms with Gasteiger partial charge in [0, 0.05) is 18.8 Å². The lowest BCUT2D eigenvalue weighted by Crippen LogP contribution is -2.22. The Morgan fingerprint density at radius 2 is 2.30 bits per heavy atom. The first-order valence-corrected chi connectivity index (χ1v) is 8.89. The van der Waals surface area contributed by atoms with E-state index < -0.39 is 0 Å². The number of pyridine rings is 1. The van der Waals surface area contributed by atoms with E-state index in [1.807, 2.05) is 32.0 Å². The zero-order chi connectivity index (χ0) is 16.1. The molecule has 1 aliphatic rings. The minimum absolute atomic E-state index is 0.638. The summed E-state index contributed by atoms with van der Waals surface area (Å²) in [7, 11) is 0. The second kappa shape index (κ2) is 7.70. The Kier molecular flexibility index (Phi) is 5.40. The Balaban J connectivity index is 1.44. The third-order valence-corrected chi connectivity index (χ3v) is 4.73. The van der Waals surface area contributed by atoms with Crippen LogP contribution in [0.2, 0.25) is 0 Å². The number of nitrogens with one attached hydrogen (secondary N) is 1. The van der Waals surface area contributed by atoms with E-state index >= 15 is 0 Å². The van der Waals surface area contributed by atoms with E-state index in [9.17, 15) is 0 Å².